The average molecular weight is 373 g/mol. The van der Waals surface area contributed by atoms with Gasteiger partial charge in [-0.1, -0.05) is 30.3 Å². The lowest BCUT2D eigenvalue weighted by atomic mass is 9.70. The average Bonchev–Trinajstić information content (AvgIpc) is 3.02. The van der Waals surface area contributed by atoms with E-state index < -0.39 is 5.41 Å². The zero-order chi connectivity index (χ0) is 19.3. The van der Waals surface area contributed by atoms with Gasteiger partial charge in [-0.25, -0.2) is 0 Å². The maximum atomic E-state index is 13.5. The van der Waals surface area contributed by atoms with Gasteiger partial charge in [-0.15, -0.1) is 0 Å². The molecular weight excluding hydrogens is 354 g/mol. The van der Waals surface area contributed by atoms with Crippen LogP contribution in [0.25, 0.3) is 0 Å². The number of carbonyl (C=O) groups excluding carboxylic acids is 1. The van der Waals surface area contributed by atoms with Crippen molar-refractivity contribution in [1.82, 2.24) is 0 Å². The zero-order valence-corrected chi connectivity index (χ0v) is 15.1. The minimum atomic E-state index is -1.07. The first-order valence-corrected chi connectivity index (χ1v) is 9.30. The predicted octanol–water partition coefficient (Wildman–Crippen LogP) is 3.71. The number of fused-ring (bicyclic) bond motifs is 3. The van der Waals surface area contributed by atoms with Crippen molar-refractivity contribution in [3.05, 3.63) is 82.9 Å². The number of anilines is 1. The van der Waals surface area contributed by atoms with E-state index >= 15 is 0 Å². The molecule has 1 amide bonds. The van der Waals surface area contributed by atoms with Crippen LogP contribution in [-0.4, -0.2) is 22.7 Å². The van der Waals surface area contributed by atoms with Crippen molar-refractivity contribution >= 4 is 11.6 Å². The molecule has 0 saturated heterocycles. The fourth-order valence-corrected chi connectivity index (χ4v) is 4.39. The van der Waals surface area contributed by atoms with Crippen LogP contribution in [0.4, 0.5) is 5.69 Å². The Morgan fingerprint density at radius 2 is 1.46 bits per heavy atom. The van der Waals surface area contributed by atoms with Gasteiger partial charge in [0.05, 0.1) is 12.3 Å². The van der Waals surface area contributed by atoms with Crippen LogP contribution in [0.2, 0.25) is 0 Å². The predicted molar refractivity (Wildman–Crippen MR) is 105 cm³/mol. The van der Waals surface area contributed by atoms with Crippen LogP contribution in [0.15, 0.2) is 60.7 Å². The molecule has 5 rings (SSSR count). The van der Waals surface area contributed by atoms with Crippen LogP contribution >= 0.6 is 0 Å². The summed E-state index contributed by atoms with van der Waals surface area (Å²) in [6, 6.07) is 17.3. The fourth-order valence-electron chi connectivity index (χ4n) is 4.39. The standard InChI is InChI=1S/C23H19NO4/c25-16-7-3-14(4-8-16)23(15-5-9-17(26)10-6-15)19-11-12-20-18(2-1-13-28-20)21(19)24-22(23)27/h3-12,25-26H,1-2,13H2,(H,24,27). The lowest BCUT2D eigenvalue weighted by Gasteiger charge is -2.29. The monoisotopic (exact) mass is 373 g/mol. The summed E-state index contributed by atoms with van der Waals surface area (Å²) in [7, 11) is 0. The number of aromatic hydroxyl groups is 2. The highest BCUT2D eigenvalue weighted by Crippen LogP contribution is 2.51. The van der Waals surface area contributed by atoms with Crippen LogP contribution in [-0.2, 0) is 16.6 Å². The molecule has 28 heavy (non-hydrogen) atoms. The second-order valence-electron chi connectivity index (χ2n) is 7.21. The van der Waals surface area contributed by atoms with E-state index in [9.17, 15) is 15.0 Å². The number of rotatable bonds is 2. The molecule has 140 valence electrons. The Hall–Kier alpha value is -3.47. The van der Waals surface area contributed by atoms with Crippen molar-refractivity contribution in [2.75, 3.05) is 11.9 Å². The van der Waals surface area contributed by atoms with Crippen LogP contribution < -0.4 is 10.1 Å². The Balaban J connectivity index is 1.82. The molecular formula is C23H19NO4. The second kappa shape index (κ2) is 6.02. The Morgan fingerprint density at radius 1 is 0.857 bits per heavy atom. The number of phenolic OH excluding ortho intramolecular Hbond substituents is 2. The van der Waals surface area contributed by atoms with Gasteiger partial charge < -0.3 is 20.3 Å². The van der Waals surface area contributed by atoms with E-state index in [4.69, 9.17) is 4.74 Å². The number of benzene rings is 3. The lowest BCUT2D eigenvalue weighted by molar-refractivity contribution is -0.118. The maximum absolute atomic E-state index is 13.5. The summed E-state index contributed by atoms with van der Waals surface area (Å²) in [5.41, 5.74) is 3.13. The van der Waals surface area contributed by atoms with Crippen LogP contribution in [0.1, 0.15) is 28.7 Å². The molecule has 3 aromatic rings. The van der Waals surface area contributed by atoms with Crippen molar-refractivity contribution < 1.29 is 19.7 Å². The molecule has 3 N–H and O–H groups in total. The van der Waals surface area contributed by atoms with Gasteiger partial charge in [0.15, 0.2) is 0 Å². The van der Waals surface area contributed by atoms with E-state index in [1.807, 2.05) is 12.1 Å². The molecule has 5 nitrogen and oxygen atoms in total. The highest BCUT2D eigenvalue weighted by molar-refractivity contribution is 6.12. The molecule has 2 aliphatic rings. The number of nitrogens with one attached hydrogen (secondary N) is 1. The number of ether oxygens (including phenoxy) is 1. The quantitative estimate of drug-likeness (QED) is 0.640. The van der Waals surface area contributed by atoms with Gasteiger partial charge in [0.25, 0.3) is 0 Å². The van der Waals surface area contributed by atoms with Crippen LogP contribution in [0, 0.1) is 0 Å². The summed E-state index contributed by atoms with van der Waals surface area (Å²) in [4.78, 5) is 13.5. The SMILES string of the molecule is O=C1Nc2c(ccc3c2CCCO3)C1(c1ccc(O)cc1)c1ccc(O)cc1. The van der Waals surface area contributed by atoms with Crippen LogP contribution in [0.5, 0.6) is 17.2 Å². The van der Waals surface area contributed by atoms with Gasteiger partial charge in [-0.05, 0) is 54.3 Å². The Morgan fingerprint density at radius 3 is 2.07 bits per heavy atom. The Labute approximate surface area is 162 Å². The van der Waals surface area contributed by atoms with Gasteiger partial charge >= 0.3 is 0 Å². The van der Waals surface area contributed by atoms with Gasteiger partial charge in [0.2, 0.25) is 5.91 Å². The summed E-state index contributed by atoms with van der Waals surface area (Å²) >= 11 is 0. The molecule has 0 saturated carbocycles. The number of hydrogen-bond donors (Lipinski definition) is 3. The molecule has 3 aromatic carbocycles. The van der Waals surface area contributed by atoms with E-state index in [0.717, 1.165) is 46.5 Å². The van der Waals surface area contributed by atoms with Crippen molar-refractivity contribution in [2.45, 2.75) is 18.3 Å². The summed E-state index contributed by atoms with van der Waals surface area (Å²) < 4.78 is 5.78. The molecule has 0 aromatic heterocycles. The van der Waals surface area contributed by atoms with E-state index in [1.54, 1.807) is 48.5 Å². The highest BCUT2D eigenvalue weighted by atomic mass is 16.5. The van der Waals surface area contributed by atoms with Crippen molar-refractivity contribution in [2.24, 2.45) is 0 Å². The Kier molecular flexibility index (Phi) is 3.59. The molecule has 5 heteroatoms. The summed E-state index contributed by atoms with van der Waals surface area (Å²) in [6.07, 6.45) is 1.75. The third-order valence-electron chi connectivity index (χ3n) is 5.68. The highest BCUT2D eigenvalue weighted by Gasteiger charge is 2.50. The minimum Gasteiger partial charge on any atom is -0.508 e. The van der Waals surface area contributed by atoms with Crippen molar-refractivity contribution in [1.29, 1.82) is 0 Å². The summed E-state index contributed by atoms with van der Waals surface area (Å²) in [6.45, 7) is 0.681. The maximum Gasteiger partial charge on any atom is 0.244 e. The van der Waals surface area contributed by atoms with E-state index in [0.29, 0.717) is 6.61 Å². The normalized spacial score (nSPS) is 16.6. The van der Waals surface area contributed by atoms with E-state index in [2.05, 4.69) is 5.32 Å². The second-order valence-corrected chi connectivity index (χ2v) is 7.21. The topological polar surface area (TPSA) is 78.8 Å². The van der Waals surface area contributed by atoms with E-state index in [-0.39, 0.29) is 17.4 Å². The molecule has 0 unspecified atom stereocenters. The Bertz CT molecular complexity index is 1030. The molecule has 0 spiro atoms. The number of hydrogen-bond acceptors (Lipinski definition) is 4. The molecule has 0 bridgehead atoms. The molecule has 0 fully saturated rings. The van der Waals surface area contributed by atoms with E-state index in [1.165, 1.54) is 0 Å². The third-order valence-corrected chi connectivity index (χ3v) is 5.68. The van der Waals surface area contributed by atoms with Gasteiger partial charge in [-0.3, -0.25) is 4.79 Å². The van der Waals surface area contributed by atoms with Gasteiger partial charge in [-0.2, -0.15) is 0 Å². The van der Waals surface area contributed by atoms with Gasteiger partial charge in [0.1, 0.15) is 22.7 Å². The molecule has 0 aliphatic carbocycles. The number of carbonyl (C=O) groups is 1. The lowest BCUT2D eigenvalue weighted by Crippen LogP contribution is -2.36. The number of phenols is 2. The van der Waals surface area contributed by atoms with Gasteiger partial charge in [0, 0.05) is 11.1 Å². The minimum absolute atomic E-state index is 0.141. The first-order chi connectivity index (χ1) is 13.6. The fraction of sp³-hybridized carbons (Fsp3) is 0.174. The zero-order valence-electron chi connectivity index (χ0n) is 15.1. The number of amides is 1. The smallest absolute Gasteiger partial charge is 0.244 e. The third kappa shape index (κ3) is 2.22. The summed E-state index contributed by atoms with van der Waals surface area (Å²) in [5, 5.41) is 22.6. The van der Waals surface area contributed by atoms with Crippen molar-refractivity contribution in [3.8, 4) is 17.2 Å². The van der Waals surface area contributed by atoms with Crippen molar-refractivity contribution in [3.63, 3.8) is 0 Å². The largest absolute Gasteiger partial charge is 0.508 e. The summed E-state index contributed by atoms with van der Waals surface area (Å²) in [5.74, 6) is 0.944. The molecule has 0 radical (unpaired) electrons. The van der Waals surface area contributed by atoms with Crippen LogP contribution in [0.3, 0.4) is 0 Å². The molecule has 2 aliphatic heterocycles. The molecule has 0 atom stereocenters. The molecule has 2 heterocycles. The first kappa shape index (κ1) is 16.7. The first-order valence-electron chi connectivity index (χ1n) is 9.30.